The van der Waals surface area contributed by atoms with Crippen molar-refractivity contribution in [1.29, 1.82) is 0 Å². The summed E-state index contributed by atoms with van der Waals surface area (Å²) in [6.45, 7) is 4.38. The van der Waals surface area contributed by atoms with Crippen molar-refractivity contribution in [1.82, 2.24) is 15.1 Å². The van der Waals surface area contributed by atoms with Crippen molar-refractivity contribution in [3.8, 4) is 5.75 Å². The lowest BCUT2D eigenvalue weighted by Gasteiger charge is -2.21. The maximum Gasteiger partial charge on any atom is 0.323 e. The van der Waals surface area contributed by atoms with Crippen LogP contribution < -0.4 is 10.1 Å². The Morgan fingerprint density at radius 2 is 1.93 bits per heavy atom. The van der Waals surface area contributed by atoms with E-state index in [1.807, 2.05) is 30.3 Å². The number of nitrogens with one attached hydrogen (secondary N) is 1. The van der Waals surface area contributed by atoms with E-state index in [9.17, 15) is 9.18 Å². The second kappa shape index (κ2) is 8.57. The largest absolute Gasteiger partial charge is 0.494 e. The van der Waals surface area contributed by atoms with Crippen LogP contribution in [-0.4, -0.2) is 35.3 Å². The van der Waals surface area contributed by atoms with Gasteiger partial charge in [0.25, 0.3) is 0 Å². The summed E-state index contributed by atoms with van der Waals surface area (Å²) in [4.78, 5) is 13.9. The van der Waals surface area contributed by atoms with Crippen molar-refractivity contribution in [2.24, 2.45) is 0 Å². The number of nitrogens with zero attached hydrogens (tertiary/aromatic N) is 3. The van der Waals surface area contributed by atoms with Gasteiger partial charge in [-0.15, -0.1) is 10.2 Å². The monoisotopic (exact) mass is 414 g/mol. The number of anilines is 1. The number of carbonyl (C=O) groups is 1. The molecular formula is C21H23FN4O2S. The normalized spacial score (nSPS) is 11.2. The molecule has 2 aromatic carbocycles. The summed E-state index contributed by atoms with van der Waals surface area (Å²) in [5.74, 6) is -0.293. The molecule has 1 aromatic heterocycles. The van der Waals surface area contributed by atoms with E-state index in [1.54, 1.807) is 19.2 Å². The van der Waals surface area contributed by atoms with Crippen molar-refractivity contribution in [2.75, 3.05) is 19.5 Å². The summed E-state index contributed by atoms with van der Waals surface area (Å²) in [5.41, 5.74) is 1.45. The van der Waals surface area contributed by atoms with E-state index in [4.69, 9.17) is 4.74 Å². The van der Waals surface area contributed by atoms with Gasteiger partial charge in [0, 0.05) is 19.0 Å². The molecular weight excluding hydrogens is 391 g/mol. The first kappa shape index (κ1) is 20.7. The van der Waals surface area contributed by atoms with Gasteiger partial charge in [-0.05, 0) is 37.1 Å². The second-order valence-corrected chi connectivity index (χ2v) is 8.14. The molecule has 3 rings (SSSR count). The van der Waals surface area contributed by atoms with Crippen LogP contribution in [0.3, 0.4) is 0 Å². The van der Waals surface area contributed by atoms with Crippen LogP contribution in [0.2, 0.25) is 0 Å². The first-order valence-electron chi connectivity index (χ1n) is 9.05. The molecule has 8 heteroatoms. The molecule has 0 spiro atoms. The molecule has 0 radical (unpaired) electrons. The quantitative estimate of drug-likeness (QED) is 0.636. The highest BCUT2D eigenvalue weighted by Crippen LogP contribution is 2.34. The molecule has 0 aliphatic rings. The zero-order chi connectivity index (χ0) is 21.0. The summed E-state index contributed by atoms with van der Waals surface area (Å²) >= 11 is 1.34. The van der Waals surface area contributed by atoms with Crippen molar-refractivity contribution in [2.45, 2.75) is 25.8 Å². The number of amides is 2. The van der Waals surface area contributed by atoms with Gasteiger partial charge in [-0.3, -0.25) is 5.32 Å². The van der Waals surface area contributed by atoms with Crippen LogP contribution in [-0.2, 0) is 12.0 Å². The maximum atomic E-state index is 13.8. The van der Waals surface area contributed by atoms with Crippen molar-refractivity contribution >= 4 is 22.5 Å². The van der Waals surface area contributed by atoms with Crippen LogP contribution in [0.5, 0.6) is 5.75 Å². The lowest BCUT2D eigenvalue weighted by molar-refractivity contribution is 0.220. The fraction of sp³-hybridized carbons (Fsp3) is 0.286. The van der Waals surface area contributed by atoms with E-state index in [0.717, 1.165) is 10.6 Å². The molecule has 2 amide bonds. The molecule has 3 aromatic rings. The highest BCUT2D eigenvalue weighted by Gasteiger charge is 2.28. The molecule has 29 heavy (non-hydrogen) atoms. The van der Waals surface area contributed by atoms with Crippen LogP contribution in [0, 0.1) is 5.82 Å². The lowest BCUT2D eigenvalue weighted by Crippen LogP contribution is -2.30. The summed E-state index contributed by atoms with van der Waals surface area (Å²) in [7, 11) is 3.04. The van der Waals surface area contributed by atoms with Crippen LogP contribution in [0.1, 0.15) is 30.0 Å². The minimum absolute atomic E-state index is 0.170. The zero-order valence-electron chi connectivity index (χ0n) is 16.8. The molecule has 0 atom stereocenters. The molecule has 152 valence electrons. The van der Waals surface area contributed by atoms with E-state index in [2.05, 4.69) is 29.4 Å². The molecule has 6 nitrogen and oxygen atoms in total. The van der Waals surface area contributed by atoms with Crippen LogP contribution in [0.25, 0.3) is 0 Å². The van der Waals surface area contributed by atoms with Gasteiger partial charge in [0.2, 0.25) is 5.13 Å². The number of carbonyl (C=O) groups excluding carboxylic acids is 1. The number of ether oxygens (including phenoxy) is 1. The van der Waals surface area contributed by atoms with Crippen LogP contribution in [0.4, 0.5) is 14.3 Å². The average molecular weight is 415 g/mol. The molecule has 0 unspecified atom stereocenters. The van der Waals surface area contributed by atoms with Gasteiger partial charge in [0.05, 0.1) is 7.11 Å². The summed E-state index contributed by atoms with van der Waals surface area (Å²) < 4.78 is 18.8. The molecule has 0 saturated carbocycles. The van der Waals surface area contributed by atoms with Gasteiger partial charge in [-0.1, -0.05) is 47.7 Å². The van der Waals surface area contributed by atoms with Gasteiger partial charge in [-0.25, -0.2) is 9.18 Å². The fourth-order valence-electron chi connectivity index (χ4n) is 2.85. The molecule has 0 aliphatic carbocycles. The Balaban J connectivity index is 1.66. The molecule has 1 heterocycles. The smallest absolute Gasteiger partial charge is 0.323 e. The molecule has 0 fully saturated rings. The van der Waals surface area contributed by atoms with Gasteiger partial charge in [-0.2, -0.15) is 0 Å². The molecule has 0 bridgehead atoms. The number of hydrogen-bond donors (Lipinski definition) is 1. The number of methoxy groups -OCH3 is 1. The average Bonchev–Trinajstić information content (AvgIpc) is 3.18. The number of urea groups is 1. The van der Waals surface area contributed by atoms with Crippen LogP contribution >= 0.6 is 11.3 Å². The topological polar surface area (TPSA) is 67.3 Å². The second-order valence-electron chi connectivity index (χ2n) is 7.16. The zero-order valence-corrected chi connectivity index (χ0v) is 17.6. The number of rotatable bonds is 6. The van der Waals surface area contributed by atoms with E-state index in [1.165, 1.54) is 29.4 Å². The maximum absolute atomic E-state index is 13.8. The minimum atomic E-state index is -0.462. The summed E-state index contributed by atoms with van der Waals surface area (Å²) in [6.07, 6.45) is 0. The Morgan fingerprint density at radius 1 is 1.21 bits per heavy atom. The predicted molar refractivity (Wildman–Crippen MR) is 112 cm³/mol. The first-order chi connectivity index (χ1) is 13.8. The Kier molecular flexibility index (Phi) is 6.12. The Morgan fingerprint density at radius 3 is 2.59 bits per heavy atom. The van der Waals surface area contributed by atoms with Crippen LogP contribution in [0.15, 0.2) is 48.5 Å². The third kappa shape index (κ3) is 4.71. The van der Waals surface area contributed by atoms with Crippen molar-refractivity contribution < 1.29 is 13.9 Å². The van der Waals surface area contributed by atoms with E-state index in [0.29, 0.717) is 10.7 Å². The Bertz CT molecular complexity index is 991. The third-order valence-electron chi connectivity index (χ3n) is 4.65. The van der Waals surface area contributed by atoms with Gasteiger partial charge in [0.1, 0.15) is 5.01 Å². The number of aromatic nitrogens is 2. The SMILES string of the molecule is COc1ccc(CN(C)C(=O)Nc2nnc(C(C)(C)c3ccccc3)s2)cc1F. The third-order valence-corrected chi connectivity index (χ3v) is 5.81. The molecule has 1 N–H and O–H groups in total. The van der Waals surface area contributed by atoms with Gasteiger partial charge in [0.15, 0.2) is 11.6 Å². The van der Waals surface area contributed by atoms with E-state index < -0.39 is 5.82 Å². The predicted octanol–water partition coefficient (Wildman–Crippen LogP) is 4.68. The highest BCUT2D eigenvalue weighted by atomic mass is 32.1. The molecule has 0 aliphatic heterocycles. The minimum Gasteiger partial charge on any atom is -0.494 e. The van der Waals surface area contributed by atoms with Crippen molar-refractivity contribution in [3.05, 3.63) is 70.5 Å². The summed E-state index contributed by atoms with van der Waals surface area (Å²) in [5, 5.41) is 12.4. The highest BCUT2D eigenvalue weighted by molar-refractivity contribution is 7.15. The Hall–Kier alpha value is -3.00. The van der Waals surface area contributed by atoms with E-state index >= 15 is 0 Å². The lowest BCUT2D eigenvalue weighted by atomic mass is 9.85. The van der Waals surface area contributed by atoms with Gasteiger partial charge < -0.3 is 9.64 Å². The van der Waals surface area contributed by atoms with E-state index in [-0.39, 0.29) is 23.7 Å². The number of halogens is 1. The fourth-order valence-corrected chi connectivity index (χ4v) is 3.70. The van der Waals surface area contributed by atoms with Crippen molar-refractivity contribution in [3.63, 3.8) is 0 Å². The first-order valence-corrected chi connectivity index (χ1v) is 9.87. The Labute approximate surface area is 173 Å². The van der Waals surface area contributed by atoms with Gasteiger partial charge >= 0.3 is 6.03 Å². The number of hydrogen-bond acceptors (Lipinski definition) is 5. The number of benzene rings is 2. The summed E-state index contributed by atoms with van der Waals surface area (Å²) in [6, 6.07) is 14.3. The standard InChI is InChI=1S/C21H23FN4O2S/c1-21(2,15-8-6-5-7-9-15)18-24-25-19(29-18)23-20(27)26(3)13-14-10-11-17(28-4)16(22)12-14/h5-12H,13H2,1-4H3,(H,23,25,27). The molecule has 0 saturated heterocycles.